The average Bonchev–Trinajstić information content (AvgIpc) is 2.82. The molecule has 4 heteroatoms. The van der Waals surface area contributed by atoms with Gasteiger partial charge in [0.2, 0.25) is 0 Å². The van der Waals surface area contributed by atoms with Gasteiger partial charge in [-0.2, -0.15) is 0 Å². The summed E-state index contributed by atoms with van der Waals surface area (Å²) >= 11 is 0. The van der Waals surface area contributed by atoms with Crippen LogP contribution in [0.1, 0.15) is 25.7 Å². The Hall–Kier alpha value is -0.160. The Balaban J connectivity index is 2.02. The minimum absolute atomic E-state index is 0.00773. The van der Waals surface area contributed by atoms with Gasteiger partial charge in [-0.1, -0.05) is 0 Å². The summed E-state index contributed by atoms with van der Waals surface area (Å²) in [4.78, 5) is 0. The predicted molar refractivity (Wildman–Crippen MR) is 56.5 cm³/mol. The molecule has 2 rings (SSSR count). The first kappa shape index (κ1) is 11.3. The van der Waals surface area contributed by atoms with Crippen LogP contribution in [0.5, 0.6) is 0 Å². The Labute approximate surface area is 90.7 Å². The molecule has 0 aromatic heterocycles. The van der Waals surface area contributed by atoms with Gasteiger partial charge in [0.05, 0.1) is 12.2 Å². The number of rotatable bonds is 3. The fourth-order valence-corrected chi connectivity index (χ4v) is 2.64. The molecule has 0 bridgehead atoms. The zero-order valence-corrected chi connectivity index (χ0v) is 9.15. The summed E-state index contributed by atoms with van der Waals surface area (Å²) in [6.45, 7) is 2.72. The van der Waals surface area contributed by atoms with E-state index >= 15 is 0 Å². The van der Waals surface area contributed by atoms with E-state index in [0.717, 1.165) is 32.3 Å². The van der Waals surface area contributed by atoms with Crippen molar-refractivity contribution in [1.82, 2.24) is 0 Å². The number of hydrogen-bond acceptors (Lipinski definition) is 4. The maximum Gasteiger partial charge on any atom is 0.0871 e. The van der Waals surface area contributed by atoms with Crippen LogP contribution in [0.4, 0.5) is 0 Å². The van der Waals surface area contributed by atoms with Gasteiger partial charge in [0, 0.05) is 31.8 Å². The van der Waals surface area contributed by atoms with Gasteiger partial charge in [-0.25, -0.2) is 0 Å². The monoisotopic (exact) mass is 215 g/mol. The maximum absolute atomic E-state index is 10.4. The molecule has 2 fully saturated rings. The Morgan fingerprint density at radius 3 is 2.60 bits per heavy atom. The molecular weight excluding hydrogens is 194 g/mol. The van der Waals surface area contributed by atoms with Crippen molar-refractivity contribution in [3.63, 3.8) is 0 Å². The molecule has 4 nitrogen and oxygen atoms in total. The molecule has 2 aliphatic rings. The van der Waals surface area contributed by atoms with E-state index in [0.29, 0.717) is 19.8 Å². The van der Waals surface area contributed by atoms with Crippen LogP contribution in [0.15, 0.2) is 0 Å². The molecule has 0 spiro atoms. The van der Waals surface area contributed by atoms with E-state index < -0.39 is 6.10 Å². The van der Waals surface area contributed by atoms with Crippen LogP contribution in [0.3, 0.4) is 0 Å². The quantitative estimate of drug-likeness (QED) is 0.710. The number of ether oxygens (including phenoxy) is 2. The third-order valence-electron chi connectivity index (χ3n) is 3.84. The molecule has 15 heavy (non-hydrogen) atoms. The van der Waals surface area contributed by atoms with Crippen molar-refractivity contribution in [1.29, 1.82) is 0 Å². The number of aliphatic hydroxyl groups excluding tert-OH is 1. The minimum Gasteiger partial charge on any atom is -0.390 e. The summed E-state index contributed by atoms with van der Waals surface area (Å²) < 4.78 is 10.9. The van der Waals surface area contributed by atoms with Crippen molar-refractivity contribution < 1.29 is 14.6 Å². The van der Waals surface area contributed by atoms with Crippen molar-refractivity contribution in [2.75, 3.05) is 26.4 Å². The van der Waals surface area contributed by atoms with E-state index in [1.54, 1.807) is 0 Å². The van der Waals surface area contributed by atoms with Crippen LogP contribution in [-0.2, 0) is 9.47 Å². The van der Waals surface area contributed by atoms with Crippen molar-refractivity contribution in [2.45, 2.75) is 37.9 Å². The maximum atomic E-state index is 10.4. The molecule has 0 aliphatic carbocycles. The zero-order valence-electron chi connectivity index (χ0n) is 9.15. The zero-order chi connectivity index (χ0) is 10.7. The van der Waals surface area contributed by atoms with E-state index in [9.17, 15) is 5.11 Å². The predicted octanol–water partition coefficient (Wildman–Crippen LogP) is 0.282. The summed E-state index contributed by atoms with van der Waals surface area (Å²) in [5.41, 5.74) is 5.66. The lowest BCUT2D eigenvalue weighted by Gasteiger charge is -2.42. The molecule has 0 amide bonds. The summed E-state index contributed by atoms with van der Waals surface area (Å²) in [6, 6.07) is 0. The molecule has 0 unspecified atom stereocenters. The fraction of sp³-hybridized carbons (Fsp3) is 1.00. The number of aliphatic hydroxyl groups is 1. The first-order valence-corrected chi connectivity index (χ1v) is 5.86. The fourth-order valence-electron chi connectivity index (χ4n) is 2.64. The summed E-state index contributed by atoms with van der Waals surface area (Å²) in [5, 5.41) is 10.4. The molecule has 0 aromatic carbocycles. The highest BCUT2D eigenvalue weighted by Crippen LogP contribution is 2.37. The van der Waals surface area contributed by atoms with Crippen LogP contribution in [0.2, 0.25) is 0 Å². The van der Waals surface area contributed by atoms with Crippen molar-refractivity contribution in [3.8, 4) is 0 Å². The smallest absolute Gasteiger partial charge is 0.0871 e. The number of hydrogen-bond donors (Lipinski definition) is 2. The summed E-state index contributed by atoms with van der Waals surface area (Å²) in [7, 11) is 0. The van der Waals surface area contributed by atoms with Gasteiger partial charge >= 0.3 is 0 Å². The lowest BCUT2D eigenvalue weighted by atomic mass is 9.73. The van der Waals surface area contributed by atoms with E-state index in [-0.39, 0.29) is 11.5 Å². The Bertz CT molecular complexity index is 198. The van der Waals surface area contributed by atoms with Crippen LogP contribution in [0.25, 0.3) is 0 Å². The molecule has 88 valence electrons. The second-order valence-corrected chi connectivity index (χ2v) is 4.68. The largest absolute Gasteiger partial charge is 0.390 e. The molecule has 2 heterocycles. The minimum atomic E-state index is -0.422. The Morgan fingerprint density at radius 2 is 2.07 bits per heavy atom. The van der Waals surface area contributed by atoms with E-state index in [1.807, 2.05) is 0 Å². The highest BCUT2D eigenvalue weighted by atomic mass is 16.5. The van der Waals surface area contributed by atoms with Gasteiger partial charge in [-0.3, -0.25) is 0 Å². The van der Waals surface area contributed by atoms with Crippen LogP contribution in [0, 0.1) is 5.41 Å². The van der Waals surface area contributed by atoms with Gasteiger partial charge in [0.15, 0.2) is 0 Å². The van der Waals surface area contributed by atoms with Crippen LogP contribution >= 0.6 is 0 Å². The highest BCUT2D eigenvalue weighted by Gasteiger charge is 2.43. The first-order chi connectivity index (χ1) is 7.28. The lowest BCUT2D eigenvalue weighted by Crippen LogP contribution is -2.50. The third kappa shape index (κ3) is 2.18. The van der Waals surface area contributed by atoms with Gasteiger partial charge in [-0.05, 0) is 25.7 Å². The van der Waals surface area contributed by atoms with Crippen LogP contribution in [-0.4, -0.2) is 43.7 Å². The number of nitrogens with two attached hydrogens (primary N) is 1. The molecule has 0 saturated carbocycles. The molecule has 2 aliphatic heterocycles. The Kier molecular flexibility index (Phi) is 3.61. The normalized spacial score (nSPS) is 32.8. The first-order valence-electron chi connectivity index (χ1n) is 5.86. The average molecular weight is 215 g/mol. The molecule has 3 N–H and O–H groups in total. The summed E-state index contributed by atoms with van der Waals surface area (Å²) in [5.74, 6) is 0. The highest BCUT2D eigenvalue weighted by molar-refractivity contribution is 4.94. The third-order valence-corrected chi connectivity index (χ3v) is 3.84. The molecule has 0 aromatic rings. The molecule has 2 saturated heterocycles. The van der Waals surface area contributed by atoms with E-state index in [1.165, 1.54) is 0 Å². The van der Waals surface area contributed by atoms with Gasteiger partial charge < -0.3 is 20.3 Å². The van der Waals surface area contributed by atoms with Crippen molar-refractivity contribution in [3.05, 3.63) is 0 Å². The van der Waals surface area contributed by atoms with Gasteiger partial charge in [0.25, 0.3) is 0 Å². The SMILES string of the molecule is NCC1([C@@H](O)[C@@H]2CCCO2)CCOCC1. The molecule has 0 radical (unpaired) electrons. The topological polar surface area (TPSA) is 64.7 Å². The molecular formula is C11H21NO3. The van der Waals surface area contributed by atoms with E-state index in [4.69, 9.17) is 15.2 Å². The van der Waals surface area contributed by atoms with Crippen LogP contribution < -0.4 is 5.73 Å². The molecule has 2 atom stereocenters. The van der Waals surface area contributed by atoms with E-state index in [2.05, 4.69) is 0 Å². The Morgan fingerprint density at radius 1 is 1.33 bits per heavy atom. The van der Waals surface area contributed by atoms with Gasteiger partial charge in [0.1, 0.15) is 0 Å². The lowest BCUT2D eigenvalue weighted by molar-refractivity contribution is -0.110. The van der Waals surface area contributed by atoms with Crippen molar-refractivity contribution >= 4 is 0 Å². The van der Waals surface area contributed by atoms with Gasteiger partial charge in [-0.15, -0.1) is 0 Å². The van der Waals surface area contributed by atoms with Crippen molar-refractivity contribution in [2.24, 2.45) is 11.1 Å². The second-order valence-electron chi connectivity index (χ2n) is 4.68. The summed E-state index contributed by atoms with van der Waals surface area (Å²) in [6.07, 6.45) is 3.29. The second kappa shape index (κ2) is 4.78. The standard InChI is InChI=1S/C11H21NO3/c12-8-11(3-6-14-7-4-11)10(13)9-2-1-5-15-9/h9-10,13H,1-8,12H2/t9-,10-/m0/s1.